The average Bonchev–Trinajstić information content (AvgIpc) is 2.63. The van der Waals surface area contributed by atoms with Crippen molar-refractivity contribution in [2.24, 2.45) is 5.41 Å². The third-order valence-electron chi connectivity index (χ3n) is 4.21. The van der Waals surface area contributed by atoms with Crippen LogP contribution in [0.2, 0.25) is 0 Å². The van der Waals surface area contributed by atoms with E-state index < -0.39 is 16.8 Å². The van der Waals surface area contributed by atoms with Crippen molar-refractivity contribution in [3.63, 3.8) is 0 Å². The first-order valence-electron chi connectivity index (χ1n) is 8.80. The number of Topliss-reactive ketones (excluding diaryl/α,β-unsaturated/α-hetero) is 1. The van der Waals surface area contributed by atoms with Gasteiger partial charge in [-0.1, -0.05) is 44.2 Å². The van der Waals surface area contributed by atoms with Crippen molar-refractivity contribution in [2.75, 3.05) is 0 Å². The smallest absolute Gasteiger partial charge is 0.309 e. The van der Waals surface area contributed by atoms with Gasteiger partial charge < -0.3 is 5.11 Å². The highest BCUT2D eigenvalue weighted by Crippen LogP contribution is 2.31. The number of carbonyl (C=O) groups excluding carboxylic acids is 1. The molecule has 0 aliphatic rings. The molecule has 5 heteroatoms. The summed E-state index contributed by atoms with van der Waals surface area (Å²) < 4.78 is 0. The van der Waals surface area contributed by atoms with E-state index in [1.165, 1.54) is 0 Å². The van der Waals surface area contributed by atoms with E-state index in [1.807, 2.05) is 44.2 Å². The molecule has 0 bridgehead atoms. The molecular formula is C21H28N2O3. The quantitative estimate of drug-likeness (QED) is 0.823. The minimum Gasteiger partial charge on any atom is -0.481 e. The third kappa shape index (κ3) is 4.97. The Morgan fingerprint density at radius 1 is 1.00 bits per heavy atom. The summed E-state index contributed by atoms with van der Waals surface area (Å²) in [6.07, 6.45) is 1.57. The standard InChI is InChI=1S/C19H22N2O3.C2H6/c1-18(2,17(23)24)12-15(22)19(3,4)14-10-11-20-16(21-14)13-8-6-5-7-9-13;1-2/h5-11H,12H2,1-4H3,(H,23,24);1-2H3. The second-order valence-electron chi connectivity index (χ2n) is 7.05. The number of benzene rings is 1. The normalized spacial score (nSPS) is 11.3. The number of aromatic nitrogens is 2. The minimum absolute atomic E-state index is 0.0555. The number of nitrogens with zero attached hydrogens (tertiary/aromatic N) is 2. The van der Waals surface area contributed by atoms with Crippen molar-refractivity contribution in [2.45, 2.75) is 53.4 Å². The Hall–Kier alpha value is -2.56. The molecule has 2 rings (SSSR count). The summed E-state index contributed by atoms with van der Waals surface area (Å²) >= 11 is 0. The highest BCUT2D eigenvalue weighted by Gasteiger charge is 2.38. The zero-order valence-electron chi connectivity index (χ0n) is 16.4. The summed E-state index contributed by atoms with van der Waals surface area (Å²) in [5.74, 6) is -0.599. The molecule has 1 N–H and O–H groups in total. The summed E-state index contributed by atoms with van der Waals surface area (Å²) in [5.41, 5.74) is -0.543. The van der Waals surface area contributed by atoms with Crippen LogP contribution in [0.3, 0.4) is 0 Å². The molecular weight excluding hydrogens is 328 g/mol. The lowest BCUT2D eigenvalue weighted by atomic mass is 9.76. The number of hydrogen-bond donors (Lipinski definition) is 1. The predicted octanol–water partition coefficient (Wildman–Crippen LogP) is 4.52. The summed E-state index contributed by atoms with van der Waals surface area (Å²) in [6, 6.07) is 11.2. The summed E-state index contributed by atoms with van der Waals surface area (Å²) in [6.45, 7) is 10.6. The van der Waals surface area contributed by atoms with Crippen LogP contribution in [0.4, 0.5) is 0 Å². The molecule has 140 valence electrons. The SMILES string of the molecule is CC.CC(C)(CC(=O)C(C)(C)c1ccnc(-c2ccccc2)n1)C(=O)O. The predicted molar refractivity (Wildman–Crippen MR) is 103 cm³/mol. The fraction of sp³-hybridized carbons (Fsp3) is 0.429. The van der Waals surface area contributed by atoms with E-state index >= 15 is 0 Å². The highest BCUT2D eigenvalue weighted by atomic mass is 16.4. The number of carbonyl (C=O) groups is 2. The Kier molecular flexibility index (Phi) is 7.19. The first kappa shape index (κ1) is 21.5. The first-order valence-corrected chi connectivity index (χ1v) is 8.80. The number of carboxylic acids is 1. The maximum atomic E-state index is 12.7. The van der Waals surface area contributed by atoms with Gasteiger partial charge in [-0.05, 0) is 33.8 Å². The van der Waals surface area contributed by atoms with Gasteiger partial charge >= 0.3 is 5.97 Å². The molecule has 1 aromatic heterocycles. The molecule has 0 spiro atoms. The number of carboxylic acid groups (broad SMARTS) is 1. The second-order valence-corrected chi connectivity index (χ2v) is 7.05. The van der Waals surface area contributed by atoms with Gasteiger partial charge in [0.15, 0.2) is 5.82 Å². The monoisotopic (exact) mass is 356 g/mol. The fourth-order valence-corrected chi connectivity index (χ4v) is 2.27. The molecule has 0 saturated carbocycles. The van der Waals surface area contributed by atoms with Gasteiger partial charge in [0.2, 0.25) is 0 Å². The number of ketones is 1. The number of hydrogen-bond acceptors (Lipinski definition) is 4. The van der Waals surface area contributed by atoms with Gasteiger partial charge in [-0.2, -0.15) is 0 Å². The number of aliphatic carboxylic acids is 1. The topological polar surface area (TPSA) is 80.2 Å². The van der Waals surface area contributed by atoms with E-state index in [9.17, 15) is 14.7 Å². The van der Waals surface area contributed by atoms with Crippen LogP contribution in [0, 0.1) is 5.41 Å². The van der Waals surface area contributed by atoms with E-state index in [-0.39, 0.29) is 12.2 Å². The molecule has 0 fully saturated rings. The molecule has 0 saturated heterocycles. The molecule has 0 atom stereocenters. The molecule has 5 nitrogen and oxygen atoms in total. The lowest BCUT2D eigenvalue weighted by molar-refractivity contribution is -0.149. The molecule has 0 aliphatic heterocycles. The zero-order valence-corrected chi connectivity index (χ0v) is 16.4. The Morgan fingerprint density at radius 3 is 2.12 bits per heavy atom. The van der Waals surface area contributed by atoms with Crippen LogP contribution in [0.25, 0.3) is 11.4 Å². The lowest BCUT2D eigenvalue weighted by Crippen LogP contribution is -2.36. The lowest BCUT2D eigenvalue weighted by Gasteiger charge is -2.27. The average molecular weight is 356 g/mol. The molecule has 1 heterocycles. The van der Waals surface area contributed by atoms with Crippen LogP contribution < -0.4 is 0 Å². The van der Waals surface area contributed by atoms with Crippen LogP contribution in [-0.2, 0) is 15.0 Å². The zero-order chi connectivity index (χ0) is 20.0. The molecule has 0 unspecified atom stereocenters. The molecule has 26 heavy (non-hydrogen) atoms. The summed E-state index contributed by atoms with van der Waals surface area (Å²) in [4.78, 5) is 32.8. The van der Waals surface area contributed by atoms with Gasteiger partial charge in [0.05, 0.1) is 16.5 Å². The highest BCUT2D eigenvalue weighted by molar-refractivity contribution is 5.92. The van der Waals surface area contributed by atoms with Crippen molar-refractivity contribution >= 4 is 11.8 Å². The maximum absolute atomic E-state index is 12.7. The molecule has 0 amide bonds. The van der Waals surface area contributed by atoms with Gasteiger partial charge in [-0.25, -0.2) is 9.97 Å². The second kappa shape index (κ2) is 8.70. The van der Waals surface area contributed by atoms with Gasteiger partial charge in [0.25, 0.3) is 0 Å². The Balaban J connectivity index is 0.00000163. The Labute approximate surface area is 155 Å². The van der Waals surface area contributed by atoms with Crippen molar-refractivity contribution < 1.29 is 14.7 Å². The van der Waals surface area contributed by atoms with Crippen LogP contribution in [0.5, 0.6) is 0 Å². The van der Waals surface area contributed by atoms with Crippen molar-refractivity contribution in [1.29, 1.82) is 0 Å². The van der Waals surface area contributed by atoms with Crippen LogP contribution >= 0.6 is 0 Å². The molecule has 1 aromatic carbocycles. The van der Waals surface area contributed by atoms with Crippen molar-refractivity contribution in [3.05, 3.63) is 48.3 Å². The third-order valence-corrected chi connectivity index (χ3v) is 4.21. The van der Waals surface area contributed by atoms with E-state index in [4.69, 9.17) is 0 Å². The largest absolute Gasteiger partial charge is 0.481 e. The maximum Gasteiger partial charge on any atom is 0.309 e. The summed E-state index contributed by atoms with van der Waals surface area (Å²) in [7, 11) is 0. The van der Waals surface area contributed by atoms with Gasteiger partial charge in [-0.15, -0.1) is 0 Å². The Morgan fingerprint density at radius 2 is 1.58 bits per heavy atom. The van der Waals surface area contributed by atoms with Crippen LogP contribution in [-0.4, -0.2) is 26.8 Å². The molecule has 0 radical (unpaired) electrons. The number of rotatable bonds is 6. The first-order chi connectivity index (χ1) is 12.1. The summed E-state index contributed by atoms with van der Waals surface area (Å²) in [5, 5.41) is 9.24. The van der Waals surface area contributed by atoms with Gasteiger partial charge in [-0.3, -0.25) is 9.59 Å². The Bertz CT molecular complexity index is 753. The van der Waals surface area contributed by atoms with Gasteiger partial charge in [0.1, 0.15) is 5.78 Å². The van der Waals surface area contributed by atoms with E-state index in [0.717, 1.165) is 5.56 Å². The molecule has 0 aliphatic carbocycles. The van der Waals surface area contributed by atoms with E-state index in [0.29, 0.717) is 11.5 Å². The minimum atomic E-state index is -1.11. The van der Waals surface area contributed by atoms with Gasteiger partial charge in [0, 0.05) is 18.2 Å². The van der Waals surface area contributed by atoms with Crippen molar-refractivity contribution in [3.8, 4) is 11.4 Å². The van der Waals surface area contributed by atoms with E-state index in [2.05, 4.69) is 9.97 Å². The van der Waals surface area contributed by atoms with Crippen LogP contribution in [0.1, 0.15) is 53.7 Å². The van der Waals surface area contributed by atoms with Crippen LogP contribution in [0.15, 0.2) is 42.6 Å². The van der Waals surface area contributed by atoms with E-state index in [1.54, 1.807) is 40.0 Å². The molecule has 2 aromatic rings. The fourth-order valence-electron chi connectivity index (χ4n) is 2.27. The van der Waals surface area contributed by atoms with Crippen molar-refractivity contribution in [1.82, 2.24) is 9.97 Å².